The molecule has 1 N–H and O–H groups in total. The van der Waals surface area contributed by atoms with Gasteiger partial charge in [0.1, 0.15) is 0 Å². The zero-order valence-corrected chi connectivity index (χ0v) is 12.0. The molecule has 0 amide bonds. The molecule has 3 nitrogen and oxygen atoms in total. The number of aromatic nitrogens is 1. The Morgan fingerprint density at radius 2 is 1.86 bits per heavy atom. The van der Waals surface area contributed by atoms with E-state index >= 15 is 0 Å². The number of hydrogen-bond donors (Lipinski definition) is 1. The summed E-state index contributed by atoms with van der Waals surface area (Å²) in [5, 5.41) is 10.3. The Kier molecular flexibility index (Phi) is 3.88. The van der Waals surface area contributed by atoms with Crippen LogP contribution in [-0.2, 0) is 5.75 Å². The lowest BCUT2D eigenvalue weighted by Crippen LogP contribution is -1.98. The molecule has 2 aromatic carbocycles. The van der Waals surface area contributed by atoms with E-state index in [9.17, 15) is 9.90 Å². The van der Waals surface area contributed by atoms with Crippen LogP contribution in [0.15, 0.2) is 65.7 Å². The maximum Gasteiger partial charge on any atom is 0.336 e. The van der Waals surface area contributed by atoms with Gasteiger partial charge in [0.25, 0.3) is 0 Å². The Bertz CT molecular complexity index is 796. The maximum atomic E-state index is 11.2. The molecular weight excluding hydrogens is 282 g/mol. The summed E-state index contributed by atoms with van der Waals surface area (Å²) in [6.07, 6.45) is 1.78. The largest absolute Gasteiger partial charge is 0.478 e. The molecule has 0 saturated heterocycles. The fourth-order valence-corrected chi connectivity index (χ4v) is 3.24. The van der Waals surface area contributed by atoms with Crippen molar-refractivity contribution in [3.05, 3.63) is 71.9 Å². The SMILES string of the molecule is O=C(O)c1ccccc1SCc1cccc2cccnc12. The minimum atomic E-state index is -0.894. The average molecular weight is 295 g/mol. The van der Waals surface area contributed by atoms with Gasteiger partial charge in [-0.25, -0.2) is 4.79 Å². The predicted octanol–water partition coefficient (Wildman–Crippen LogP) is 4.23. The van der Waals surface area contributed by atoms with Gasteiger partial charge in [0.2, 0.25) is 0 Å². The van der Waals surface area contributed by atoms with Gasteiger partial charge in [-0.05, 0) is 23.8 Å². The van der Waals surface area contributed by atoms with Crippen LogP contribution in [0.3, 0.4) is 0 Å². The van der Waals surface area contributed by atoms with Gasteiger partial charge >= 0.3 is 5.97 Å². The summed E-state index contributed by atoms with van der Waals surface area (Å²) >= 11 is 1.52. The molecule has 3 aromatic rings. The van der Waals surface area contributed by atoms with Crippen LogP contribution < -0.4 is 0 Å². The number of nitrogens with zero attached hydrogens (tertiary/aromatic N) is 1. The molecule has 0 unspecified atom stereocenters. The first-order chi connectivity index (χ1) is 10.3. The van der Waals surface area contributed by atoms with E-state index in [1.165, 1.54) is 11.8 Å². The van der Waals surface area contributed by atoms with Crippen molar-refractivity contribution in [2.45, 2.75) is 10.6 Å². The van der Waals surface area contributed by atoms with Crippen molar-refractivity contribution < 1.29 is 9.90 Å². The predicted molar refractivity (Wildman–Crippen MR) is 84.7 cm³/mol. The Labute approximate surface area is 126 Å². The van der Waals surface area contributed by atoms with Crippen LogP contribution in [0.25, 0.3) is 10.9 Å². The van der Waals surface area contributed by atoms with Gasteiger partial charge in [0, 0.05) is 22.2 Å². The molecule has 0 aliphatic rings. The molecule has 0 radical (unpaired) electrons. The van der Waals surface area contributed by atoms with Crippen LogP contribution in [0.2, 0.25) is 0 Å². The number of carbonyl (C=O) groups is 1. The van der Waals surface area contributed by atoms with Crippen LogP contribution in [-0.4, -0.2) is 16.1 Å². The standard InChI is InChI=1S/C17H13NO2S/c19-17(20)14-8-1-2-9-15(14)21-11-13-6-3-5-12-7-4-10-18-16(12)13/h1-10H,11H2,(H,19,20). The van der Waals surface area contributed by atoms with Gasteiger partial charge in [-0.3, -0.25) is 4.98 Å². The molecule has 0 aliphatic heterocycles. The summed E-state index contributed by atoms with van der Waals surface area (Å²) in [5.74, 6) is -0.201. The highest BCUT2D eigenvalue weighted by Gasteiger charge is 2.10. The number of hydrogen-bond acceptors (Lipinski definition) is 3. The minimum Gasteiger partial charge on any atom is -0.478 e. The van der Waals surface area contributed by atoms with E-state index in [0.29, 0.717) is 11.3 Å². The molecule has 3 rings (SSSR count). The molecule has 0 bridgehead atoms. The van der Waals surface area contributed by atoms with E-state index in [1.807, 2.05) is 42.5 Å². The van der Waals surface area contributed by atoms with Gasteiger partial charge in [-0.2, -0.15) is 0 Å². The molecule has 0 saturated carbocycles. The van der Waals surface area contributed by atoms with Crippen molar-refractivity contribution >= 4 is 28.6 Å². The zero-order chi connectivity index (χ0) is 14.7. The van der Waals surface area contributed by atoms with Gasteiger partial charge in [0.05, 0.1) is 11.1 Å². The minimum absolute atomic E-state index is 0.343. The van der Waals surface area contributed by atoms with E-state index in [2.05, 4.69) is 4.98 Å². The fraction of sp³-hybridized carbons (Fsp3) is 0.0588. The third kappa shape index (κ3) is 2.90. The van der Waals surface area contributed by atoms with Crippen molar-refractivity contribution in [3.63, 3.8) is 0 Å². The van der Waals surface area contributed by atoms with E-state index in [4.69, 9.17) is 0 Å². The second-order valence-electron chi connectivity index (χ2n) is 4.58. The lowest BCUT2D eigenvalue weighted by Gasteiger charge is -2.07. The number of thioether (sulfide) groups is 1. The molecular formula is C17H13NO2S. The summed E-state index contributed by atoms with van der Waals surface area (Å²) in [4.78, 5) is 16.4. The summed E-state index contributed by atoms with van der Waals surface area (Å²) in [6, 6.07) is 17.1. The van der Waals surface area contributed by atoms with Crippen molar-refractivity contribution in [1.29, 1.82) is 0 Å². The van der Waals surface area contributed by atoms with Gasteiger partial charge < -0.3 is 5.11 Å². The quantitative estimate of drug-likeness (QED) is 0.732. The lowest BCUT2D eigenvalue weighted by atomic mass is 10.1. The third-order valence-electron chi connectivity index (χ3n) is 3.22. The molecule has 1 aromatic heterocycles. The highest BCUT2D eigenvalue weighted by molar-refractivity contribution is 7.98. The molecule has 0 fully saturated rings. The topological polar surface area (TPSA) is 50.2 Å². The number of carboxylic acid groups (broad SMARTS) is 1. The highest BCUT2D eigenvalue weighted by Crippen LogP contribution is 2.28. The molecule has 1 heterocycles. The van der Waals surface area contributed by atoms with E-state index in [-0.39, 0.29) is 0 Å². The van der Waals surface area contributed by atoms with E-state index in [0.717, 1.165) is 21.4 Å². The molecule has 104 valence electrons. The van der Waals surface area contributed by atoms with Crippen LogP contribution in [0.5, 0.6) is 0 Å². The lowest BCUT2D eigenvalue weighted by molar-refractivity contribution is 0.0693. The zero-order valence-electron chi connectivity index (χ0n) is 11.2. The van der Waals surface area contributed by atoms with E-state index < -0.39 is 5.97 Å². The van der Waals surface area contributed by atoms with Gasteiger partial charge in [-0.1, -0.05) is 36.4 Å². The second kappa shape index (κ2) is 5.97. The fourth-order valence-electron chi connectivity index (χ4n) is 2.21. The average Bonchev–Trinajstić information content (AvgIpc) is 2.53. The monoisotopic (exact) mass is 295 g/mol. The summed E-state index contributed by atoms with van der Waals surface area (Å²) in [6.45, 7) is 0. The number of para-hydroxylation sites is 1. The summed E-state index contributed by atoms with van der Waals surface area (Å²) in [7, 11) is 0. The Hall–Kier alpha value is -2.33. The smallest absolute Gasteiger partial charge is 0.336 e. The Morgan fingerprint density at radius 1 is 1.05 bits per heavy atom. The Morgan fingerprint density at radius 3 is 2.71 bits per heavy atom. The number of rotatable bonds is 4. The molecule has 0 spiro atoms. The number of pyridine rings is 1. The van der Waals surface area contributed by atoms with Crippen molar-refractivity contribution in [2.24, 2.45) is 0 Å². The normalized spacial score (nSPS) is 10.7. The maximum absolute atomic E-state index is 11.2. The van der Waals surface area contributed by atoms with Crippen molar-refractivity contribution in [2.75, 3.05) is 0 Å². The van der Waals surface area contributed by atoms with Crippen LogP contribution >= 0.6 is 11.8 Å². The van der Waals surface area contributed by atoms with E-state index in [1.54, 1.807) is 18.3 Å². The third-order valence-corrected chi connectivity index (χ3v) is 4.34. The van der Waals surface area contributed by atoms with Crippen molar-refractivity contribution in [3.8, 4) is 0 Å². The first kappa shape index (κ1) is 13.6. The van der Waals surface area contributed by atoms with Crippen LogP contribution in [0.4, 0.5) is 0 Å². The number of benzene rings is 2. The molecule has 0 atom stereocenters. The highest BCUT2D eigenvalue weighted by atomic mass is 32.2. The van der Waals surface area contributed by atoms with Gasteiger partial charge in [0.15, 0.2) is 0 Å². The first-order valence-corrected chi connectivity index (χ1v) is 7.52. The van der Waals surface area contributed by atoms with Gasteiger partial charge in [-0.15, -0.1) is 11.8 Å². The van der Waals surface area contributed by atoms with Crippen LogP contribution in [0.1, 0.15) is 15.9 Å². The molecule has 4 heteroatoms. The van der Waals surface area contributed by atoms with Crippen LogP contribution in [0, 0.1) is 0 Å². The number of fused-ring (bicyclic) bond motifs is 1. The molecule has 21 heavy (non-hydrogen) atoms. The molecule has 0 aliphatic carbocycles. The first-order valence-electron chi connectivity index (χ1n) is 6.53. The number of carboxylic acids is 1. The van der Waals surface area contributed by atoms with Crippen molar-refractivity contribution in [1.82, 2.24) is 4.98 Å². The Balaban J connectivity index is 1.89. The second-order valence-corrected chi connectivity index (χ2v) is 5.60. The number of aromatic carboxylic acids is 1. The summed E-state index contributed by atoms with van der Waals surface area (Å²) < 4.78 is 0. The summed E-state index contributed by atoms with van der Waals surface area (Å²) in [5.41, 5.74) is 2.43.